The second-order valence-corrected chi connectivity index (χ2v) is 8.00. The molecule has 2 aliphatic rings. The Bertz CT molecular complexity index is 1300. The zero-order valence-electron chi connectivity index (χ0n) is 17.8. The SMILES string of the molecule is CCn1c(=O)[nH]c2cc(C(=O)N3CCN(Cc4ccc5c(c4)OCO5)CC3)ccc2c1=O. The van der Waals surface area contributed by atoms with Crippen molar-refractivity contribution in [2.24, 2.45) is 0 Å². The molecule has 0 saturated carbocycles. The van der Waals surface area contributed by atoms with Gasteiger partial charge in [-0.05, 0) is 42.8 Å². The maximum atomic E-state index is 13.0. The van der Waals surface area contributed by atoms with Crippen LogP contribution in [-0.2, 0) is 13.1 Å². The molecule has 2 aromatic carbocycles. The summed E-state index contributed by atoms with van der Waals surface area (Å²) < 4.78 is 11.9. The molecule has 166 valence electrons. The lowest BCUT2D eigenvalue weighted by Crippen LogP contribution is -2.48. The number of hydrogen-bond acceptors (Lipinski definition) is 6. The van der Waals surface area contributed by atoms with Gasteiger partial charge in [-0.25, -0.2) is 4.79 Å². The average molecular weight is 436 g/mol. The third kappa shape index (κ3) is 3.64. The second kappa shape index (κ2) is 8.16. The number of aromatic nitrogens is 2. The number of nitrogens with one attached hydrogen (secondary N) is 1. The standard InChI is InChI=1S/C23H24N4O5/c1-2-27-22(29)17-5-4-16(12-18(17)24-23(27)30)21(28)26-9-7-25(8-10-26)13-15-3-6-19-20(11-15)32-14-31-19/h3-6,11-12H,2,7-10,13-14H2,1H3,(H,24,30). The minimum absolute atomic E-state index is 0.102. The molecule has 0 unspecified atom stereocenters. The van der Waals surface area contributed by atoms with E-state index in [1.807, 2.05) is 23.1 Å². The molecule has 0 atom stereocenters. The zero-order chi connectivity index (χ0) is 22.2. The summed E-state index contributed by atoms with van der Waals surface area (Å²) in [5.74, 6) is 1.45. The van der Waals surface area contributed by atoms with Crippen LogP contribution >= 0.6 is 0 Å². The van der Waals surface area contributed by atoms with Crippen molar-refractivity contribution in [3.63, 3.8) is 0 Å². The maximum absolute atomic E-state index is 13.0. The quantitative estimate of drug-likeness (QED) is 0.664. The van der Waals surface area contributed by atoms with Gasteiger partial charge in [-0.2, -0.15) is 0 Å². The Hall–Kier alpha value is -3.59. The predicted octanol–water partition coefficient (Wildman–Crippen LogP) is 1.40. The van der Waals surface area contributed by atoms with Crippen molar-refractivity contribution in [1.29, 1.82) is 0 Å². The molecule has 9 nitrogen and oxygen atoms in total. The van der Waals surface area contributed by atoms with E-state index in [-0.39, 0.29) is 18.3 Å². The van der Waals surface area contributed by atoms with Crippen molar-refractivity contribution in [2.75, 3.05) is 33.0 Å². The monoisotopic (exact) mass is 436 g/mol. The number of ether oxygens (including phenoxy) is 2. The summed E-state index contributed by atoms with van der Waals surface area (Å²) in [6.45, 7) is 5.80. The number of rotatable bonds is 4. The van der Waals surface area contributed by atoms with Crippen LogP contribution in [0.4, 0.5) is 0 Å². The van der Waals surface area contributed by atoms with Gasteiger partial charge < -0.3 is 19.4 Å². The van der Waals surface area contributed by atoms with Crippen molar-refractivity contribution >= 4 is 16.8 Å². The van der Waals surface area contributed by atoms with Gasteiger partial charge in [0.1, 0.15) is 0 Å². The zero-order valence-corrected chi connectivity index (χ0v) is 17.8. The smallest absolute Gasteiger partial charge is 0.328 e. The van der Waals surface area contributed by atoms with E-state index in [2.05, 4.69) is 9.88 Å². The molecule has 1 aromatic heterocycles. The first-order valence-corrected chi connectivity index (χ1v) is 10.7. The number of piperazine rings is 1. The first-order valence-electron chi connectivity index (χ1n) is 10.7. The van der Waals surface area contributed by atoms with Crippen molar-refractivity contribution in [3.05, 3.63) is 68.4 Å². The predicted molar refractivity (Wildman–Crippen MR) is 118 cm³/mol. The van der Waals surface area contributed by atoms with E-state index in [0.29, 0.717) is 36.1 Å². The van der Waals surface area contributed by atoms with Gasteiger partial charge in [-0.1, -0.05) is 6.07 Å². The van der Waals surface area contributed by atoms with Gasteiger partial charge in [0.15, 0.2) is 11.5 Å². The highest BCUT2D eigenvalue weighted by Crippen LogP contribution is 2.32. The molecule has 3 heterocycles. The minimum Gasteiger partial charge on any atom is -0.454 e. The number of H-pyrrole nitrogens is 1. The van der Waals surface area contributed by atoms with E-state index in [1.165, 1.54) is 0 Å². The van der Waals surface area contributed by atoms with Crippen molar-refractivity contribution in [1.82, 2.24) is 19.4 Å². The summed E-state index contributed by atoms with van der Waals surface area (Å²) in [4.78, 5) is 44.4. The van der Waals surface area contributed by atoms with Gasteiger partial charge in [-0.15, -0.1) is 0 Å². The van der Waals surface area contributed by atoms with Crippen LogP contribution in [0.15, 0.2) is 46.0 Å². The van der Waals surface area contributed by atoms with Crippen molar-refractivity contribution in [3.8, 4) is 11.5 Å². The fourth-order valence-corrected chi connectivity index (χ4v) is 4.26. The van der Waals surface area contributed by atoms with Gasteiger partial charge >= 0.3 is 5.69 Å². The Kier molecular flexibility index (Phi) is 5.18. The van der Waals surface area contributed by atoms with E-state index in [4.69, 9.17) is 9.47 Å². The lowest BCUT2D eigenvalue weighted by Gasteiger charge is -2.34. The molecule has 9 heteroatoms. The number of carbonyl (C=O) groups is 1. The third-order valence-electron chi connectivity index (χ3n) is 6.05. The molecule has 0 radical (unpaired) electrons. The van der Waals surface area contributed by atoms with Crippen LogP contribution < -0.4 is 20.7 Å². The Balaban J connectivity index is 1.26. The molecule has 0 aliphatic carbocycles. The van der Waals surface area contributed by atoms with Crippen LogP contribution in [0, 0.1) is 0 Å². The molecule has 5 rings (SSSR count). The van der Waals surface area contributed by atoms with E-state index >= 15 is 0 Å². The van der Waals surface area contributed by atoms with Gasteiger partial charge in [0.05, 0.1) is 10.9 Å². The molecule has 2 aliphatic heterocycles. The lowest BCUT2D eigenvalue weighted by atomic mass is 10.1. The normalized spacial score (nSPS) is 16.0. The molecule has 1 fully saturated rings. The van der Waals surface area contributed by atoms with Crippen molar-refractivity contribution < 1.29 is 14.3 Å². The molecule has 32 heavy (non-hydrogen) atoms. The molecule has 0 bridgehead atoms. The first kappa shape index (κ1) is 20.3. The fraction of sp³-hybridized carbons (Fsp3) is 0.348. The molecule has 3 aromatic rings. The summed E-state index contributed by atoms with van der Waals surface area (Å²) in [6, 6.07) is 10.8. The van der Waals surface area contributed by atoms with E-state index in [0.717, 1.165) is 41.3 Å². The van der Waals surface area contributed by atoms with Gasteiger partial charge in [0.25, 0.3) is 11.5 Å². The number of nitrogens with zero attached hydrogens (tertiary/aromatic N) is 3. The van der Waals surface area contributed by atoms with Crippen LogP contribution in [0.1, 0.15) is 22.8 Å². The summed E-state index contributed by atoms with van der Waals surface area (Å²) in [7, 11) is 0. The molecular formula is C23H24N4O5. The van der Waals surface area contributed by atoms with Crippen LogP contribution in [0.25, 0.3) is 10.9 Å². The number of fused-ring (bicyclic) bond motifs is 2. The summed E-state index contributed by atoms with van der Waals surface area (Å²) in [6.07, 6.45) is 0. The van der Waals surface area contributed by atoms with Crippen LogP contribution in [-0.4, -0.2) is 58.2 Å². The Morgan fingerprint density at radius 1 is 1.00 bits per heavy atom. The molecule has 0 spiro atoms. The highest BCUT2D eigenvalue weighted by molar-refractivity contribution is 5.97. The number of aromatic amines is 1. The van der Waals surface area contributed by atoms with E-state index in [1.54, 1.807) is 25.1 Å². The Morgan fingerprint density at radius 2 is 1.78 bits per heavy atom. The van der Waals surface area contributed by atoms with Gasteiger partial charge in [0, 0.05) is 44.8 Å². The minimum atomic E-state index is -0.466. The van der Waals surface area contributed by atoms with Crippen LogP contribution in [0.5, 0.6) is 11.5 Å². The number of carbonyl (C=O) groups excluding carboxylic acids is 1. The Labute approximate surface area is 183 Å². The molecule has 1 saturated heterocycles. The average Bonchev–Trinajstić information content (AvgIpc) is 3.27. The maximum Gasteiger partial charge on any atom is 0.328 e. The molecular weight excluding hydrogens is 412 g/mol. The number of benzene rings is 2. The summed E-state index contributed by atoms with van der Waals surface area (Å²) in [5.41, 5.74) is 1.18. The van der Waals surface area contributed by atoms with E-state index in [9.17, 15) is 14.4 Å². The first-order chi connectivity index (χ1) is 15.5. The lowest BCUT2D eigenvalue weighted by molar-refractivity contribution is 0.0628. The Morgan fingerprint density at radius 3 is 2.56 bits per heavy atom. The number of amides is 1. The highest BCUT2D eigenvalue weighted by Gasteiger charge is 2.23. The summed E-state index contributed by atoms with van der Waals surface area (Å²) >= 11 is 0. The van der Waals surface area contributed by atoms with Gasteiger partial charge in [-0.3, -0.25) is 19.1 Å². The summed E-state index contributed by atoms with van der Waals surface area (Å²) in [5, 5.41) is 0.400. The topological polar surface area (TPSA) is 96.9 Å². The third-order valence-corrected chi connectivity index (χ3v) is 6.05. The number of hydrogen-bond donors (Lipinski definition) is 1. The largest absolute Gasteiger partial charge is 0.454 e. The molecule has 1 amide bonds. The van der Waals surface area contributed by atoms with Crippen LogP contribution in [0.3, 0.4) is 0 Å². The second-order valence-electron chi connectivity index (χ2n) is 8.00. The molecule has 1 N–H and O–H groups in total. The van der Waals surface area contributed by atoms with E-state index < -0.39 is 5.69 Å². The van der Waals surface area contributed by atoms with Crippen molar-refractivity contribution in [2.45, 2.75) is 20.0 Å². The fourth-order valence-electron chi connectivity index (χ4n) is 4.26. The highest BCUT2D eigenvalue weighted by atomic mass is 16.7. The van der Waals surface area contributed by atoms with Gasteiger partial charge in [0.2, 0.25) is 6.79 Å². The van der Waals surface area contributed by atoms with Crippen LogP contribution in [0.2, 0.25) is 0 Å².